The van der Waals surface area contributed by atoms with Gasteiger partial charge in [0.1, 0.15) is 0 Å². The fourth-order valence-electron chi connectivity index (χ4n) is 2.29. The number of nitrogens with one attached hydrogen (secondary N) is 1. The molecule has 0 aromatic heterocycles. The predicted octanol–water partition coefficient (Wildman–Crippen LogP) is 2.31. The van der Waals surface area contributed by atoms with E-state index in [1.165, 1.54) is 5.56 Å². The van der Waals surface area contributed by atoms with Crippen molar-refractivity contribution in [1.82, 2.24) is 5.32 Å². The standard InChI is InChI=1S/C19H23N3O/c1-21-13-16-7-9-17(10-8-16)14-22-19(23)18(20)12-11-15-5-3-2-4-6-15/h2-10,13,18H,11-12,14,20H2,1H3,(H,22,23)/t18-/m0/s1. The highest BCUT2D eigenvalue weighted by Gasteiger charge is 2.12. The second-order valence-corrected chi connectivity index (χ2v) is 5.48. The predicted molar refractivity (Wildman–Crippen MR) is 94.5 cm³/mol. The first-order chi connectivity index (χ1) is 11.2. The summed E-state index contributed by atoms with van der Waals surface area (Å²) in [6.07, 6.45) is 3.24. The van der Waals surface area contributed by atoms with Crippen LogP contribution in [0.2, 0.25) is 0 Å². The van der Waals surface area contributed by atoms with Crippen LogP contribution in [0, 0.1) is 0 Å². The molecule has 0 aliphatic heterocycles. The molecule has 23 heavy (non-hydrogen) atoms. The lowest BCUT2D eigenvalue weighted by Gasteiger charge is -2.12. The van der Waals surface area contributed by atoms with E-state index in [9.17, 15) is 4.79 Å². The maximum atomic E-state index is 12.0. The summed E-state index contributed by atoms with van der Waals surface area (Å²) in [5.74, 6) is -0.111. The minimum absolute atomic E-state index is 0.111. The lowest BCUT2D eigenvalue weighted by molar-refractivity contribution is -0.122. The number of benzene rings is 2. The van der Waals surface area contributed by atoms with Crippen LogP contribution >= 0.6 is 0 Å². The van der Waals surface area contributed by atoms with Crippen molar-refractivity contribution in [3.05, 3.63) is 71.3 Å². The quantitative estimate of drug-likeness (QED) is 0.771. The summed E-state index contributed by atoms with van der Waals surface area (Å²) < 4.78 is 0. The molecule has 0 aliphatic rings. The molecule has 0 radical (unpaired) electrons. The van der Waals surface area contributed by atoms with Crippen molar-refractivity contribution in [2.75, 3.05) is 7.05 Å². The Morgan fingerprint density at radius 1 is 1.13 bits per heavy atom. The van der Waals surface area contributed by atoms with Crippen LogP contribution in [-0.4, -0.2) is 25.2 Å². The second-order valence-electron chi connectivity index (χ2n) is 5.48. The zero-order valence-corrected chi connectivity index (χ0v) is 13.4. The Bertz CT molecular complexity index is 635. The summed E-state index contributed by atoms with van der Waals surface area (Å²) in [6.45, 7) is 0.488. The van der Waals surface area contributed by atoms with Gasteiger partial charge in [0.2, 0.25) is 5.91 Å². The van der Waals surface area contributed by atoms with Crippen LogP contribution in [0.3, 0.4) is 0 Å². The number of carbonyl (C=O) groups excluding carboxylic acids is 1. The first-order valence-electron chi connectivity index (χ1n) is 7.77. The molecule has 0 bridgehead atoms. The third-order valence-electron chi connectivity index (χ3n) is 3.65. The average Bonchev–Trinajstić information content (AvgIpc) is 2.60. The van der Waals surface area contributed by atoms with Crippen LogP contribution in [0.15, 0.2) is 59.6 Å². The summed E-state index contributed by atoms with van der Waals surface area (Å²) in [5, 5.41) is 2.89. The van der Waals surface area contributed by atoms with Crippen LogP contribution in [0.4, 0.5) is 0 Å². The Morgan fingerprint density at radius 3 is 2.48 bits per heavy atom. The van der Waals surface area contributed by atoms with Crippen LogP contribution in [0.1, 0.15) is 23.1 Å². The van der Waals surface area contributed by atoms with Crippen molar-refractivity contribution in [2.24, 2.45) is 10.7 Å². The molecule has 0 fully saturated rings. The van der Waals surface area contributed by atoms with Crippen molar-refractivity contribution in [2.45, 2.75) is 25.4 Å². The van der Waals surface area contributed by atoms with E-state index in [1.54, 1.807) is 13.3 Å². The summed E-state index contributed by atoms with van der Waals surface area (Å²) >= 11 is 0. The molecule has 0 spiro atoms. The van der Waals surface area contributed by atoms with Gasteiger partial charge in [-0.2, -0.15) is 0 Å². The van der Waals surface area contributed by atoms with E-state index in [2.05, 4.69) is 10.3 Å². The SMILES string of the molecule is CN=Cc1ccc(CNC(=O)[C@@H](N)CCc2ccccc2)cc1. The highest BCUT2D eigenvalue weighted by atomic mass is 16.2. The number of aryl methyl sites for hydroxylation is 1. The largest absolute Gasteiger partial charge is 0.351 e. The summed E-state index contributed by atoms with van der Waals surface area (Å²) in [6, 6.07) is 17.5. The van der Waals surface area contributed by atoms with Gasteiger partial charge in [-0.15, -0.1) is 0 Å². The van der Waals surface area contributed by atoms with Gasteiger partial charge in [-0.05, 0) is 29.5 Å². The molecular formula is C19H23N3O. The molecule has 0 unspecified atom stereocenters. The number of aliphatic imine (C=N–C) groups is 1. The van der Waals surface area contributed by atoms with Crippen molar-refractivity contribution in [3.8, 4) is 0 Å². The fourth-order valence-corrected chi connectivity index (χ4v) is 2.29. The molecule has 2 aromatic rings. The molecule has 0 heterocycles. The van der Waals surface area contributed by atoms with Crippen LogP contribution in [0.25, 0.3) is 0 Å². The Hall–Kier alpha value is -2.46. The monoisotopic (exact) mass is 309 g/mol. The van der Waals surface area contributed by atoms with E-state index < -0.39 is 6.04 Å². The number of rotatable bonds is 7. The molecule has 0 saturated heterocycles. The van der Waals surface area contributed by atoms with Gasteiger partial charge in [-0.1, -0.05) is 54.6 Å². The smallest absolute Gasteiger partial charge is 0.237 e. The van der Waals surface area contributed by atoms with Crippen molar-refractivity contribution < 1.29 is 4.79 Å². The molecule has 0 aliphatic carbocycles. The lowest BCUT2D eigenvalue weighted by atomic mass is 10.1. The van der Waals surface area contributed by atoms with E-state index in [4.69, 9.17) is 5.73 Å². The van der Waals surface area contributed by atoms with E-state index in [1.807, 2.05) is 54.6 Å². The average molecular weight is 309 g/mol. The van der Waals surface area contributed by atoms with Gasteiger partial charge in [0.15, 0.2) is 0 Å². The minimum Gasteiger partial charge on any atom is -0.351 e. The third kappa shape index (κ3) is 5.68. The highest BCUT2D eigenvalue weighted by molar-refractivity contribution is 5.81. The zero-order chi connectivity index (χ0) is 16.5. The summed E-state index contributed by atoms with van der Waals surface area (Å²) in [5.41, 5.74) is 9.25. The molecule has 4 nitrogen and oxygen atoms in total. The third-order valence-corrected chi connectivity index (χ3v) is 3.65. The number of nitrogens with two attached hydrogens (primary N) is 1. The molecule has 1 amide bonds. The molecule has 1 atom stereocenters. The fraction of sp³-hybridized carbons (Fsp3) is 0.263. The van der Waals surface area contributed by atoms with E-state index in [0.29, 0.717) is 13.0 Å². The van der Waals surface area contributed by atoms with Gasteiger partial charge < -0.3 is 11.1 Å². The van der Waals surface area contributed by atoms with Gasteiger partial charge in [0, 0.05) is 19.8 Å². The summed E-state index contributed by atoms with van der Waals surface area (Å²) in [7, 11) is 1.74. The van der Waals surface area contributed by atoms with Crippen molar-refractivity contribution in [3.63, 3.8) is 0 Å². The zero-order valence-electron chi connectivity index (χ0n) is 13.4. The van der Waals surface area contributed by atoms with Gasteiger partial charge in [-0.25, -0.2) is 0 Å². The van der Waals surface area contributed by atoms with Crippen molar-refractivity contribution >= 4 is 12.1 Å². The van der Waals surface area contributed by atoms with Gasteiger partial charge in [-0.3, -0.25) is 9.79 Å². The Morgan fingerprint density at radius 2 is 1.83 bits per heavy atom. The lowest BCUT2D eigenvalue weighted by Crippen LogP contribution is -2.40. The Labute approximate surface area is 137 Å². The molecule has 120 valence electrons. The highest BCUT2D eigenvalue weighted by Crippen LogP contribution is 2.05. The Balaban J connectivity index is 1.77. The maximum Gasteiger partial charge on any atom is 0.237 e. The van der Waals surface area contributed by atoms with E-state index >= 15 is 0 Å². The first-order valence-corrected chi connectivity index (χ1v) is 7.77. The molecule has 2 rings (SSSR count). The maximum absolute atomic E-state index is 12.0. The number of carbonyl (C=O) groups is 1. The molecule has 0 saturated carbocycles. The van der Waals surface area contributed by atoms with Crippen LogP contribution in [0.5, 0.6) is 0 Å². The van der Waals surface area contributed by atoms with Crippen LogP contribution < -0.4 is 11.1 Å². The normalized spacial score (nSPS) is 12.3. The summed E-state index contributed by atoms with van der Waals surface area (Å²) in [4.78, 5) is 16.0. The molecule has 4 heteroatoms. The van der Waals surface area contributed by atoms with Gasteiger partial charge in [0.05, 0.1) is 6.04 Å². The number of nitrogens with zero attached hydrogens (tertiary/aromatic N) is 1. The van der Waals surface area contributed by atoms with Crippen LogP contribution in [-0.2, 0) is 17.8 Å². The number of hydrogen-bond acceptors (Lipinski definition) is 3. The second kappa shape index (κ2) is 8.86. The van der Waals surface area contributed by atoms with Crippen molar-refractivity contribution in [1.29, 1.82) is 0 Å². The first kappa shape index (κ1) is 16.9. The van der Waals surface area contributed by atoms with E-state index in [0.717, 1.165) is 17.5 Å². The van der Waals surface area contributed by atoms with Gasteiger partial charge in [0.25, 0.3) is 0 Å². The topological polar surface area (TPSA) is 67.5 Å². The minimum atomic E-state index is -0.485. The molecular weight excluding hydrogens is 286 g/mol. The number of amides is 1. The number of hydrogen-bond donors (Lipinski definition) is 2. The molecule has 3 N–H and O–H groups in total. The van der Waals surface area contributed by atoms with E-state index in [-0.39, 0.29) is 5.91 Å². The Kier molecular flexibility index (Phi) is 6.51. The van der Waals surface area contributed by atoms with Gasteiger partial charge >= 0.3 is 0 Å². The molecule has 2 aromatic carbocycles.